The maximum atomic E-state index is 11.8. The second-order valence-corrected chi connectivity index (χ2v) is 5.48. The van der Waals surface area contributed by atoms with Gasteiger partial charge in [-0.15, -0.1) is 0 Å². The predicted molar refractivity (Wildman–Crippen MR) is 79.9 cm³/mol. The molecule has 0 aromatic heterocycles. The molecular weight excluding hydrogens is 268 g/mol. The molecule has 0 saturated carbocycles. The van der Waals surface area contributed by atoms with Crippen molar-refractivity contribution in [3.8, 4) is 0 Å². The number of carbonyl (C=O) groups excluding carboxylic acids is 2. The Morgan fingerprint density at radius 2 is 2.10 bits per heavy atom. The van der Waals surface area contributed by atoms with E-state index < -0.39 is 0 Å². The number of benzene rings is 1. The van der Waals surface area contributed by atoms with Gasteiger partial charge in [0.25, 0.3) is 0 Å². The highest BCUT2D eigenvalue weighted by Crippen LogP contribution is 2.30. The molecule has 114 valence electrons. The molecule has 1 aliphatic rings. The molecule has 2 amide bonds. The monoisotopic (exact) mass is 290 g/mol. The van der Waals surface area contributed by atoms with Gasteiger partial charge in [-0.05, 0) is 37.8 Å². The summed E-state index contributed by atoms with van der Waals surface area (Å²) in [7, 11) is 0. The lowest BCUT2D eigenvalue weighted by molar-refractivity contribution is -0.147. The molecule has 2 rings (SSSR count). The Morgan fingerprint density at radius 1 is 1.33 bits per heavy atom. The van der Waals surface area contributed by atoms with E-state index in [1.807, 2.05) is 18.2 Å². The summed E-state index contributed by atoms with van der Waals surface area (Å²) in [6.45, 7) is 3.89. The summed E-state index contributed by atoms with van der Waals surface area (Å²) in [5.41, 5.74) is 2.48. The number of nitrogens with one attached hydrogen (secondary N) is 2. The second kappa shape index (κ2) is 7.11. The SMILES string of the molecule is CC(C)OC(=O)CCNC(=O)NC1CCc2ccccc21. The van der Waals surface area contributed by atoms with E-state index in [9.17, 15) is 9.59 Å². The normalized spacial score (nSPS) is 16.4. The molecule has 5 nitrogen and oxygen atoms in total. The highest BCUT2D eigenvalue weighted by atomic mass is 16.5. The zero-order valence-corrected chi connectivity index (χ0v) is 12.5. The number of rotatable bonds is 5. The van der Waals surface area contributed by atoms with Gasteiger partial charge in [0.2, 0.25) is 0 Å². The Labute approximate surface area is 125 Å². The van der Waals surface area contributed by atoms with E-state index in [1.165, 1.54) is 11.1 Å². The zero-order valence-electron chi connectivity index (χ0n) is 12.5. The molecule has 5 heteroatoms. The van der Waals surface area contributed by atoms with Gasteiger partial charge in [0.05, 0.1) is 18.6 Å². The molecular formula is C16H22N2O3. The van der Waals surface area contributed by atoms with Gasteiger partial charge in [-0.3, -0.25) is 4.79 Å². The summed E-state index contributed by atoms with van der Waals surface area (Å²) in [4.78, 5) is 23.2. The summed E-state index contributed by atoms with van der Waals surface area (Å²) in [5.74, 6) is -0.295. The Kier molecular flexibility index (Phi) is 5.20. The molecule has 1 unspecified atom stereocenters. The Hall–Kier alpha value is -2.04. The number of carbonyl (C=O) groups is 2. The molecule has 0 saturated heterocycles. The molecule has 1 aromatic carbocycles. The summed E-state index contributed by atoms with van der Waals surface area (Å²) in [6.07, 6.45) is 1.97. The zero-order chi connectivity index (χ0) is 15.2. The van der Waals surface area contributed by atoms with Crippen LogP contribution in [0.1, 0.15) is 43.9 Å². The largest absolute Gasteiger partial charge is 0.463 e. The molecule has 1 atom stereocenters. The molecule has 0 heterocycles. The highest BCUT2D eigenvalue weighted by Gasteiger charge is 2.23. The minimum Gasteiger partial charge on any atom is -0.463 e. The number of hydrogen-bond acceptors (Lipinski definition) is 3. The van der Waals surface area contributed by atoms with E-state index in [2.05, 4.69) is 16.7 Å². The van der Waals surface area contributed by atoms with Crippen LogP contribution in [0.15, 0.2) is 24.3 Å². The summed E-state index contributed by atoms with van der Waals surface area (Å²) < 4.78 is 5.00. The highest BCUT2D eigenvalue weighted by molar-refractivity contribution is 5.76. The van der Waals surface area contributed by atoms with Crippen molar-refractivity contribution in [2.75, 3.05) is 6.54 Å². The third-order valence-electron chi connectivity index (χ3n) is 3.42. The van der Waals surface area contributed by atoms with E-state index in [4.69, 9.17) is 4.74 Å². The number of ether oxygens (including phenoxy) is 1. The smallest absolute Gasteiger partial charge is 0.315 e. The summed E-state index contributed by atoms with van der Waals surface area (Å²) in [6, 6.07) is 7.96. The molecule has 1 aliphatic carbocycles. The van der Waals surface area contributed by atoms with Gasteiger partial charge in [-0.25, -0.2) is 4.79 Å². The third-order valence-corrected chi connectivity index (χ3v) is 3.42. The van der Waals surface area contributed by atoms with E-state index in [1.54, 1.807) is 13.8 Å². The molecule has 1 aromatic rings. The summed E-state index contributed by atoms with van der Waals surface area (Å²) in [5, 5.41) is 5.64. The number of fused-ring (bicyclic) bond motifs is 1. The number of amides is 2. The van der Waals surface area contributed by atoms with Crippen LogP contribution in [0, 0.1) is 0 Å². The van der Waals surface area contributed by atoms with E-state index in [-0.39, 0.29) is 37.1 Å². The van der Waals surface area contributed by atoms with Gasteiger partial charge in [0.1, 0.15) is 0 Å². The number of urea groups is 1. The fraction of sp³-hybridized carbons (Fsp3) is 0.500. The van der Waals surface area contributed by atoms with Gasteiger partial charge >= 0.3 is 12.0 Å². The molecule has 21 heavy (non-hydrogen) atoms. The van der Waals surface area contributed by atoms with Crippen molar-refractivity contribution < 1.29 is 14.3 Å². The fourth-order valence-electron chi connectivity index (χ4n) is 2.52. The maximum Gasteiger partial charge on any atom is 0.315 e. The van der Waals surface area contributed by atoms with Gasteiger partial charge in [-0.2, -0.15) is 0 Å². The Balaban J connectivity index is 1.72. The fourth-order valence-corrected chi connectivity index (χ4v) is 2.52. The van der Waals surface area contributed by atoms with Crippen molar-refractivity contribution in [1.29, 1.82) is 0 Å². The Morgan fingerprint density at radius 3 is 2.86 bits per heavy atom. The van der Waals surface area contributed by atoms with Crippen molar-refractivity contribution in [3.05, 3.63) is 35.4 Å². The van der Waals surface area contributed by atoms with Crippen LogP contribution in [0.2, 0.25) is 0 Å². The molecule has 2 N–H and O–H groups in total. The minimum absolute atomic E-state index is 0.0591. The molecule has 0 radical (unpaired) electrons. The van der Waals surface area contributed by atoms with Crippen molar-refractivity contribution in [2.24, 2.45) is 0 Å². The first kappa shape index (κ1) is 15.4. The van der Waals surface area contributed by atoms with E-state index in [0.717, 1.165) is 12.8 Å². The van der Waals surface area contributed by atoms with E-state index >= 15 is 0 Å². The lowest BCUT2D eigenvalue weighted by Crippen LogP contribution is -2.38. The maximum absolute atomic E-state index is 11.8. The Bertz CT molecular complexity index is 514. The van der Waals surface area contributed by atoms with E-state index in [0.29, 0.717) is 0 Å². The van der Waals surface area contributed by atoms with Crippen molar-refractivity contribution in [2.45, 2.75) is 45.3 Å². The van der Waals surface area contributed by atoms with Crippen LogP contribution in [-0.4, -0.2) is 24.6 Å². The lowest BCUT2D eigenvalue weighted by atomic mass is 10.1. The number of aryl methyl sites for hydroxylation is 1. The first-order valence-electron chi connectivity index (χ1n) is 7.38. The van der Waals surface area contributed by atoms with Crippen LogP contribution in [-0.2, 0) is 16.0 Å². The average Bonchev–Trinajstić information content (AvgIpc) is 2.81. The first-order valence-corrected chi connectivity index (χ1v) is 7.38. The molecule has 0 fully saturated rings. The van der Waals surface area contributed by atoms with Gasteiger partial charge < -0.3 is 15.4 Å². The number of esters is 1. The first-order chi connectivity index (χ1) is 10.1. The van der Waals surface area contributed by atoms with Crippen LogP contribution in [0.5, 0.6) is 0 Å². The molecule has 0 aliphatic heterocycles. The predicted octanol–water partition coefficient (Wildman–Crippen LogP) is 2.31. The van der Waals surface area contributed by atoms with Crippen molar-refractivity contribution >= 4 is 12.0 Å². The van der Waals surface area contributed by atoms with Crippen molar-refractivity contribution in [1.82, 2.24) is 10.6 Å². The second-order valence-electron chi connectivity index (χ2n) is 5.48. The van der Waals surface area contributed by atoms with Crippen LogP contribution in [0.3, 0.4) is 0 Å². The van der Waals surface area contributed by atoms with Crippen LogP contribution >= 0.6 is 0 Å². The molecule has 0 spiro atoms. The lowest BCUT2D eigenvalue weighted by Gasteiger charge is -2.15. The van der Waals surface area contributed by atoms with Crippen molar-refractivity contribution in [3.63, 3.8) is 0 Å². The van der Waals surface area contributed by atoms with Crippen LogP contribution in [0.4, 0.5) is 4.79 Å². The average molecular weight is 290 g/mol. The molecule has 0 bridgehead atoms. The van der Waals surface area contributed by atoms with Gasteiger partial charge in [-0.1, -0.05) is 24.3 Å². The topological polar surface area (TPSA) is 67.4 Å². The minimum atomic E-state index is -0.295. The number of hydrogen-bond donors (Lipinski definition) is 2. The van der Waals surface area contributed by atoms with Crippen LogP contribution in [0.25, 0.3) is 0 Å². The van der Waals surface area contributed by atoms with Gasteiger partial charge in [0, 0.05) is 6.54 Å². The van der Waals surface area contributed by atoms with Gasteiger partial charge in [0.15, 0.2) is 0 Å². The van der Waals surface area contributed by atoms with Crippen LogP contribution < -0.4 is 10.6 Å². The summed E-state index contributed by atoms with van der Waals surface area (Å²) >= 11 is 0. The standard InChI is InChI=1S/C16H22N2O3/c1-11(2)21-15(19)9-10-17-16(20)18-14-8-7-12-5-3-4-6-13(12)14/h3-6,11,14H,7-10H2,1-2H3,(H2,17,18,20). The third kappa shape index (κ3) is 4.48. The quantitative estimate of drug-likeness (QED) is 0.818.